The zero-order valence-corrected chi connectivity index (χ0v) is 17.4. The van der Waals surface area contributed by atoms with Crippen molar-refractivity contribution in [2.75, 3.05) is 0 Å². The van der Waals surface area contributed by atoms with Crippen molar-refractivity contribution in [1.29, 1.82) is 0 Å². The molecule has 0 heteroatoms. The second-order valence-electron chi connectivity index (χ2n) is 8.11. The Labute approximate surface area is 171 Å². The van der Waals surface area contributed by atoms with E-state index in [1.165, 1.54) is 56.9 Å². The fourth-order valence-corrected chi connectivity index (χ4v) is 4.27. The summed E-state index contributed by atoms with van der Waals surface area (Å²) in [4.78, 5) is 0. The lowest BCUT2D eigenvalue weighted by atomic mass is 9.78. The van der Waals surface area contributed by atoms with E-state index >= 15 is 0 Å². The molecule has 0 nitrogen and oxygen atoms in total. The number of aryl methyl sites for hydroxylation is 1. The van der Waals surface area contributed by atoms with Gasteiger partial charge in [-0.25, -0.2) is 0 Å². The minimum absolute atomic E-state index is 0.938. The van der Waals surface area contributed by atoms with Gasteiger partial charge in [0, 0.05) is 16.7 Å². The van der Waals surface area contributed by atoms with Crippen LogP contribution in [-0.4, -0.2) is 0 Å². The Balaban J connectivity index is 1.48. The molecule has 144 valence electrons. The summed E-state index contributed by atoms with van der Waals surface area (Å²) in [5.41, 5.74) is 4.60. The zero-order valence-electron chi connectivity index (χ0n) is 17.4. The van der Waals surface area contributed by atoms with Crippen LogP contribution in [-0.2, 0) is 6.42 Å². The maximum atomic E-state index is 3.28. The molecule has 0 bridgehead atoms. The Hall–Kier alpha value is -2.44. The van der Waals surface area contributed by atoms with Gasteiger partial charge in [0.1, 0.15) is 0 Å². The smallest absolute Gasteiger partial charge is 0.0249 e. The molecular formula is C28H32. The summed E-state index contributed by atoms with van der Waals surface area (Å²) in [5, 5.41) is 0. The quantitative estimate of drug-likeness (QED) is 0.499. The molecule has 1 aliphatic rings. The molecule has 0 radical (unpaired) electrons. The lowest BCUT2D eigenvalue weighted by molar-refractivity contribution is 0.252. The molecule has 0 saturated heterocycles. The first kappa shape index (κ1) is 20.3. The van der Waals surface area contributed by atoms with Crippen molar-refractivity contribution < 1.29 is 0 Å². The predicted octanol–water partition coefficient (Wildman–Crippen LogP) is 7.00. The van der Waals surface area contributed by atoms with E-state index in [9.17, 15) is 0 Å². The van der Waals surface area contributed by atoms with Gasteiger partial charge in [-0.2, -0.15) is 0 Å². The van der Waals surface area contributed by atoms with Gasteiger partial charge >= 0.3 is 0 Å². The van der Waals surface area contributed by atoms with E-state index in [0.717, 1.165) is 28.5 Å². The summed E-state index contributed by atoms with van der Waals surface area (Å²) >= 11 is 0. The highest BCUT2D eigenvalue weighted by Gasteiger charge is 2.20. The van der Waals surface area contributed by atoms with Crippen LogP contribution < -0.4 is 0 Å². The van der Waals surface area contributed by atoms with Gasteiger partial charge in [-0.15, -0.1) is 5.92 Å². The Morgan fingerprint density at radius 3 is 1.64 bits per heavy atom. The van der Waals surface area contributed by atoms with Gasteiger partial charge < -0.3 is 0 Å². The summed E-state index contributed by atoms with van der Waals surface area (Å²) < 4.78 is 0. The molecule has 2 aromatic carbocycles. The summed E-state index contributed by atoms with van der Waals surface area (Å²) in [7, 11) is 0. The molecule has 0 aromatic heterocycles. The van der Waals surface area contributed by atoms with Gasteiger partial charge in [0.15, 0.2) is 0 Å². The van der Waals surface area contributed by atoms with Gasteiger partial charge in [-0.3, -0.25) is 0 Å². The van der Waals surface area contributed by atoms with Crippen molar-refractivity contribution in [2.45, 2.75) is 65.2 Å². The highest BCUT2D eigenvalue weighted by molar-refractivity contribution is 5.46. The topological polar surface area (TPSA) is 0 Å². The van der Waals surface area contributed by atoms with Crippen molar-refractivity contribution in [3.8, 4) is 23.7 Å². The van der Waals surface area contributed by atoms with Gasteiger partial charge in [-0.05, 0) is 73.6 Å². The highest BCUT2D eigenvalue weighted by atomic mass is 14.3. The van der Waals surface area contributed by atoms with Crippen LogP contribution in [0.4, 0.5) is 0 Å². The first-order valence-electron chi connectivity index (χ1n) is 10.9. The molecule has 0 heterocycles. The average molecular weight is 369 g/mol. The van der Waals surface area contributed by atoms with Gasteiger partial charge in [0.2, 0.25) is 0 Å². The third-order valence-electron chi connectivity index (χ3n) is 5.96. The Bertz CT molecular complexity index is 839. The SMILES string of the molecule is CC#Cc1ccc(C#Cc2ccc(CC[C@H]3CC[C@H](CCC)CC3)cc2)cc1. The number of hydrogen-bond acceptors (Lipinski definition) is 0. The molecule has 3 rings (SSSR count). The molecule has 0 unspecified atom stereocenters. The Morgan fingerprint density at radius 1 is 0.679 bits per heavy atom. The standard InChI is InChI=1S/C28H32/c1-3-5-23-7-11-25(12-8-23)15-17-27-19-21-28(22-20-27)18-16-26-13-9-24(6-4-2)10-14-26/h9-10,13-14,19-23,25H,3,5,7-8,11-12,15,17H2,1-2H3/t23-,25-. The van der Waals surface area contributed by atoms with Crippen molar-refractivity contribution in [2.24, 2.45) is 11.8 Å². The van der Waals surface area contributed by atoms with Crippen LogP contribution in [0.5, 0.6) is 0 Å². The van der Waals surface area contributed by atoms with Crippen molar-refractivity contribution in [3.63, 3.8) is 0 Å². The fraction of sp³-hybridized carbons (Fsp3) is 0.429. The number of rotatable bonds is 5. The number of hydrogen-bond donors (Lipinski definition) is 0. The lowest BCUT2D eigenvalue weighted by Gasteiger charge is -2.28. The van der Waals surface area contributed by atoms with Crippen LogP contribution in [0.2, 0.25) is 0 Å². The summed E-state index contributed by atoms with van der Waals surface area (Å²) in [6.45, 7) is 4.17. The van der Waals surface area contributed by atoms with E-state index in [2.05, 4.69) is 54.9 Å². The summed E-state index contributed by atoms with van der Waals surface area (Å²) in [6.07, 6.45) is 11.1. The van der Waals surface area contributed by atoms with Gasteiger partial charge in [0.05, 0.1) is 0 Å². The van der Waals surface area contributed by atoms with Crippen molar-refractivity contribution >= 4 is 0 Å². The number of benzene rings is 2. The first-order valence-corrected chi connectivity index (χ1v) is 10.9. The molecule has 0 N–H and O–H groups in total. The normalized spacial score (nSPS) is 18.5. The summed E-state index contributed by atoms with van der Waals surface area (Å²) in [6, 6.07) is 17.0. The predicted molar refractivity (Wildman–Crippen MR) is 120 cm³/mol. The average Bonchev–Trinajstić information content (AvgIpc) is 2.74. The maximum Gasteiger partial charge on any atom is 0.0249 e. The molecule has 1 fully saturated rings. The second-order valence-corrected chi connectivity index (χ2v) is 8.11. The first-order chi connectivity index (χ1) is 13.8. The van der Waals surface area contributed by atoms with E-state index in [1.54, 1.807) is 0 Å². The van der Waals surface area contributed by atoms with E-state index in [1.807, 2.05) is 31.2 Å². The van der Waals surface area contributed by atoms with E-state index in [4.69, 9.17) is 0 Å². The van der Waals surface area contributed by atoms with E-state index in [0.29, 0.717) is 0 Å². The third-order valence-corrected chi connectivity index (χ3v) is 5.96. The minimum Gasteiger partial charge on any atom is -0.101 e. The molecule has 28 heavy (non-hydrogen) atoms. The largest absolute Gasteiger partial charge is 0.101 e. The van der Waals surface area contributed by atoms with Gasteiger partial charge in [0.25, 0.3) is 0 Å². The molecule has 1 saturated carbocycles. The van der Waals surface area contributed by atoms with Crippen LogP contribution >= 0.6 is 0 Å². The van der Waals surface area contributed by atoms with Crippen LogP contribution in [0, 0.1) is 35.5 Å². The fourth-order valence-electron chi connectivity index (χ4n) is 4.27. The Morgan fingerprint density at radius 2 is 1.14 bits per heavy atom. The van der Waals surface area contributed by atoms with Crippen LogP contribution in [0.3, 0.4) is 0 Å². The van der Waals surface area contributed by atoms with Crippen molar-refractivity contribution in [1.82, 2.24) is 0 Å². The molecule has 1 aliphatic carbocycles. The summed E-state index contributed by atoms with van der Waals surface area (Å²) in [5.74, 6) is 14.5. The molecule has 0 spiro atoms. The second kappa shape index (κ2) is 10.8. The van der Waals surface area contributed by atoms with Crippen LogP contribution in [0.15, 0.2) is 48.5 Å². The highest BCUT2D eigenvalue weighted by Crippen LogP contribution is 2.33. The van der Waals surface area contributed by atoms with E-state index < -0.39 is 0 Å². The van der Waals surface area contributed by atoms with Crippen LogP contribution in [0.25, 0.3) is 0 Å². The molecule has 0 amide bonds. The monoisotopic (exact) mass is 368 g/mol. The molecule has 2 aromatic rings. The van der Waals surface area contributed by atoms with E-state index in [-0.39, 0.29) is 0 Å². The lowest BCUT2D eigenvalue weighted by Crippen LogP contribution is -2.15. The van der Waals surface area contributed by atoms with Gasteiger partial charge in [-0.1, -0.05) is 75.3 Å². The zero-order chi connectivity index (χ0) is 19.6. The minimum atomic E-state index is 0.938. The third kappa shape index (κ3) is 6.32. The molecule has 0 atom stereocenters. The molecular weight excluding hydrogens is 336 g/mol. The Kier molecular flexibility index (Phi) is 7.82. The van der Waals surface area contributed by atoms with Crippen LogP contribution in [0.1, 0.15) is 81.0 Å². The maximum absolute atomic E-state index is 3.28. The molecule has 0 aliphatic heterocycles. The van der Waals surface area contributed by atoms with Crippen molar-refractivity contribution in [3.05, 3.63) is 70.8 Å².